The summed E-state index contributed by atoms with van der Waals surface area (Å²) in [5.74, 6) is -0.218. The summed E-state index contributed by atoms with van der Waals surface area (Å²) in [4.78, 5) is 11.2. The van der Waals surface area contributed by atoms with Gasteiger partial charge in [0.05, 0.1) is 4.47 Å². The van der Waals surface area contributed by atoms with E-state index in [-0.39, 0.29) is 11.3 Å². The zero-order chi connectivity index (χ0) is 14.0. The van der Waals surface area contributed by atoms with Crippen molar-refractivity contribution in [3.63, 3.8) is 0 Å². The molecule has 1 N–H and O–H groups in total. The summed E-state index contributed by atoms with van der Waals surface area (Å²) in [5.41, 5.74) is 0.0947. The van der Waals surface area contributed by atoms with Gasteiger partial charge in [0.25, 0.3) is 0 Å². The van der Waals surface area contributed by atoms with E-state index in [0.717, 1.165) is 8.95 Å². The lowest BCUT2D eigenvalue weighted by Gasteiger charge is -2.11. The van der Waals surface area contributed by atoms with E-state index in [1.807, 2.05) is 12.1 Å². The second-order valence-corrected chi connectivity index (χ2v) is 6.22. The maximum Gasteiger partial charge on any atom is 0.340 e. The van der Waals surface area contributed by atoms with E-state index in [0.29, 0.717) is 10.2 Å². The highest BCUT2D eigenvalue weighted by Crippen LogP contribution is 2.35. The molecule has 2 rings (SSSR count). The van der Waals surface area contributed by atoms with Crippen molar-refractivity contribution in [2.24, 2.45) is 0 Å². The van der Waals surface area contributed by atoms with Crippen molar-refractivity contribution in [1.29, 1.82) is 0 Å². The molecule has 0 aliphatic rings. The Hall–Kier alpha value is -0.850. The second kappa shape index (κ2) is 6.07. The fourth-order valence-corrected chi connectivity index (χ4v) is 3.12. The van der Waals surface area contributed by atoms with Crippen LogP contribution in [0.3, 0.4) is 0 Å². The first-order valence-corrected chi connectivity index (χ1v) is 7.51. The number of hydrogen-bond acceptors (Lipinski definition) is 2. The number of hydrogen-bond donors (Lipinski definition) is 1. The Labute approximate surface area is 135 Å². The number of carboxylic acid groups (broad SMARTS) is 1. The normalized spacial score (nSPS) is 10.3. The van der Waals surface area contributed by atoms with E-state index in [9.17, 15) is 9.90 Å². The molecule has 0 saturated carbocycles. The first-order chi connectivity index (χ1) is 8.99. The fraction of sp³-hybridized carbons (Fsp3) is 0. The third-order valence-electron chi connectivity index (χ3n) is 2.30. The van der Waals surface area contributed by atoms with E-state index >= 15 is 0 Å². The first-order valence-electron chi connectivity index (χ1n) is 5.13. The van der Waals surface area contributed by atoms with Crippen molar-refractivity contribution >= 4 is 53.8 Å². The van der Waals surface area contributed by atoms with Crippen LogP contribution in [0.1, 0.15) is 10.4 Å². The van der Waals surface area contributed by atoms with Crippen LogP contribution in [0.5, 0.6) is 11.5 Å². The fourth-order valence-electron chi connectivity index (χ4n) is 1.47. The molecule has 6 heteroatoms. The van der Waals surface area contributed by atoms with Gasteiger partial charge in [-0.05, 0) is 62.2 Å². The summed E-state index contributed by atoms with van der Waals surface area (Å²) in [6, 6.07) is 10.4. The number of aromatic carboxylic acids is 1. The molecule has 0 fully saturated rings. The molecule has 0 radical (unpaired) electrons. The molecule has 0 aromatic heterocycles. The molecule has 0 unspecified atom stereocenters. The van der Waals surface area contributed by atoms with Gasteiger partial charge in [-0.25, -0.2) is 4.79 Å². The maximum absolute atomic E-state index is 11.2. The molecule has 19 heavy (non-hydrogen) atoms. The van der Waals surface area contributed by atoms with E-state index in [1.54, 1.807) is 24.3 Å². The molecule has 98 valence electrons. The van der Waals surface area contributed by atoms with Crippen LogP contribution in [-0.4, -0.2) is 11.1 Å². The summed E-state index contributed by atoms with van der Waals surface area (Å²) < 4.78 is 7.77. The summed E-state index contributed by atoms with van der Waals surface area (Å²) in [6.45, 7) is 0. The summed E-state index contributed by atoms with van der Waals surface area (Å²) >= 11 is 9.93. The Morgan fingerprint density at radius 1 is 1.00 bits per heavy atom. The van der Waals surface area contributed by atoms with Crippen LogP contribution < -0.4 is 4.74 Å². The molecule has 2 aromatic rings. The van der Waals surface area contributed by atoms with Crippen LogP contribution in [0, 0.1) is 0 Å². The number of halogens is 3. The highest BCUT2D eigenvalue weighted by Gasteiger charge is 2.16. The lowest BCUT2D eigenvalue weighted by atomic mass is 10.2. The highest BCUT2D eigenvalue weighted by atomic mass is 79.9. The predicted octanol–water partition coefficient (Wildman–Crippen LogP) is 5.46. The zero-order valence-corrected chi connectivity index (χ0v) is 14.1. The van der Waals surface area contributed by atoms with Crippen molar-refractivity contribution in [1.82, 2.24) is 0 Å². The van der Waals surface area contributed by atoms with Crippen molar-refractivity contribution < 1.29 is 14.6 Å². The summed E-state index contributed by atoms with van der Waals surface area (Å²) in [6.07, 6.45) is 0. The Balaban J connectivity index is 2.44. The Morgan fingerprint density at radius 2 is 1.74 bits per heavy atom. The summed E-state index contributed by atoms with van der Waals surface area (Å²) in [7, 11) is 0. The smallest absolute Gasteiger partial charge is 0.340 e. The van der Waals surface area contributed by atoms with Gasteiger partial charge in [-0.3, -0.25) is 0 Å². The van der Waals surface area contributed by atoms with Gasteiger partial charge in [0.2, 0.25) is 0 Å². The van der Waals surface area contributed by atoms with E-state index in [2.05, 4.69) is 47.8 Å². The molecular formula is C13H7Br3O3. The first kappa shape index (κ1) is 14.6. The zero-order valence-electron chi connectivity index (χ0n) is 9.36. The molecule has 0 amide bonds. The standard InChI is InChI=1S/C13H7Br3O3/c14-7-4-5-10(9(16)6-7)19-11-3-1-2-8(15)12(11)13(17)18/h1-6H,(H,17,18). The van der Waals surface area contributed by atoms with Gasteiger partial charge in [-0.15, -0.1) is 0 Å². The highest BCUT2D eigenvalue weighted by molar-refractivity contribution is 9.11. The lowest BCUT2D eigenvalue weighted by Crippen LogP contribution is -2.01. The Morgan fingerprint density at radius 3 is 2.37 bits per heavy atom. The lowest BCUT2D eigenvalue weighted by molar-refractivity contribution is 0.0693. The average molecular weight is 451 g/mol. The molecule has 3 nitrogen and oxygen atoms in total. The Kier molecular flexibility index (Phi) is 4.65. The Bertz CT molecular complexity index is 641. The number of carbonyl (C=O) groups is 1. The van der Waals surface area contributed by atoms with Crippen LogP contribution in [-0.2, 0) is 0 Å². The van der Waals surface area contributed by atoms with Gasteiger partial charge < -0.3 is 9.84 Å². The van der Waals surface area contributed by atoms with Gasteiger partial charge in [0.1, 0.15) is 17.1 Å². The van der Waals surface area contributed by atoms with E-state index < -0.39 is 5.97 Å². The SMILES string of the molecule is O=C(O)c1c(Br)cccc1Oc1ccc(Br)cc1Br. The average Bonchev–Trinajstić information content (AvgIpc) is 2.32. The van der Waals surface area contributed by atoms with Gasteiger partial charge in [-0.1, -0.05) is 22.0 Å². The number of benzene rings is 2. The monoisotopic (exact) mass is 448 g/mol. The van der Waals surface area contributed by atoms with Crippen molar-refractivity contribution in [3.8, 4) is 11.5 Å². The van der Waals surface area contributed by atoms with Crippen molar-refractivity contribution in [3.05, 3.63) is 55.4 Å². The van der Waals surface area contributed by atoms with Gasteiger partial charge in [0.15, 0.2) is 0 Å². The van der Waals surface area contributed by atoms with Crippen molar-refractivity contribution in [2.75, 3.05) is 0 Å². The van der Waals surface area contributed by atoms with Crippen LogP contribution in [0.2, 0.25) is 0 Å². The quantitative estimate of drug-likeness (QED) is 0.675. The minimum Gasteiger partial charge on any atom is -0.478 e. The van der Waals surface area contributed by atoms with Crippen LogP contribution in [0.4, 0.5) is 0 Å². The molecule has 2 aromatic carbocycles. The van der Waals surface area contributed by atoms with E-state index in [1.165, 1.54) is 0 Å². The predicted molar refractivity (Wildman–Crippen MR) is 83.0 cm³/mol. The third-order valence-corrected chi connectivity index (χ3v) is 4.08. The molecule has 0 bridgehead atoms. The van der Waals surface area contributed by atoms with Gasteiger partial charge in [-0.2, -0.15) is 0 Å². The molecule has 0 aliphatic carbocycles. The minimum atomic E-state index is -1.05. The van der Waals surface area contributed by atoms with Crippen molar-refractivity contribution in [2.45, 2.75) is 0 Å². The third kappa shape index (κ3) is 3.38. The number of ether oxygens (including phenoxy) is 1. The molecule has 0 saturated heterocycles. The van der Waals surface area contributed by atoms with Crippen LogP contribution >= 0.6 is 47.8 Å². The minimum absolute atomic E-state index is 0.0947. The van der Waals surface area contributed by atoms with Crippen LogP contribution in [0.15, 0.2) is 49.8 Å². The molecule has 0 atom stereocenters. The van der Waals surface area contributed by atoms with E-state index in [4.69, 9.17) is 4.74 Å². The molecule has 0 spiro atoms. The largest absolute Gasteiger partial charge is 0.478 e. The maximum atomic E-state index is 11.2. The molecular weight excluding hydrogens is 444 g/mol. The number of rotatable bonds is 3. The topological polar surface area (TPSA) is 46.5 Å². The number of carboxylic acids is 1. The van der Waals surface area contributed by atoms with Gasteiger partial charge in [0, 0.05) is 8.95 Å². The summed E-state index contributed by atoms with van der Waals surface area (Å²) in [5, 5.41) is 9.21. The van der Waals surface area contributed by atoms with Crippen LogP contribution in [0.25, 0.3) is 0 Å². The van der Waals surface area contributed by atoms with Gasteiger partial charge >= 0.3 is 5.97 Å². The molecule has 0 aliphatic heterocycles. The second-order valence-electron chi connectivity index (χ2n) is 3.59. The molecule has 0 heterocycles.